The Labute approximate surface area is 123 Å². The summed E-state index contributed by atoms with van der Waals surface area (Å²) in [5, 5.41) is 9.09. The molecule has 2 aromatic carbocycles. The van der Waals surface area contributed by atoms with Crippen molar-refractivity contribution in [2.75, 3.05) is 4.90 Å². The Morgan fingerprint density at radius 3 is 2.48 bits per heavy atom. The Balaban J connectivity index is 1.88. The van der Waals surface area contributed by atoms with Gasteiger partial charge in [0.05, 0.1) is 6.61 Å². The van der Waals surface area contributed by atoms with Gasteiger partial charge in [-0.25, -0.2) is 0 Å². The zero-order chi connectivity index (χ0) is 14.8. The van der Waals surface area contributed by atoms with Gasteiger partial charge in [0.25, 0.3) is 0 Å². The highest BCUT2D eigenvalue weighted by Crippen LogP contribution is 2.33. The number of carbonyl (C=O) groups is 1. The number of fused-ring (bicyclic) bond motifs is 1. The molecular formula is C17H18N2O2. The fourth-order valence-electron chi connectivity index (χ4n) is 2.85. The van der Waals surface area contributed by atoms with Gasteiger partial charge in [0, 0.05) is 18.7 Å². The van der Waals surface area contributed by atoms with Crippen molar-refractivity contribution in [3.63, 3.8) is 0 Å². The molecule has 21 heavy (non-hydrogen) atoms. The molecule has 1 aliphatic rings. The van der Waals surface area contributed by atoms with E-state index in [1.165, 1.54) is 0 Å². The molecule has 0 radical (unpaired) electrons. The van der Waals surface area contributed by atoms with E-state index in [2.05, 4.69) is 4.90 Å². The van der Waals surface area contributed by atoms with Gasteiger partial charge in [-0.1, -0.05) is 42.5 Å². The van der Waals surface area contributed by atoms with Crippen LogP contribution in [0.25, 0.3) is 0 Å². The fourth-order valence-corrected chi connectivity index (χ4v) is 2.85. The standard InChI is InChI=1S/C17H18N2O2/c18-17(21)16-9-14-3-1-2-4-15(14)19(16)10-12-5-7-13(11-20)8-6-12/h1-8,16,20H,9-11H2,(H2,18,21)/t16-/m0/s1. The predicted octanol–water partition coefficient (Wildman–Crippen LogP) is 1.60. The van der Waals surface area contributed by atoms with Crippen molar-refractivity contribution in [3.8, 4) is 0 Å². The molecule has 0 aliphatic carbocycles. The monoisotopic (exact) mass is 282 g/mol. The topological polar surface area (TPSA) is 66.6 Å². The molecule has 2 aromatic rings. The van der Waals surface area contributed by atoms with Crippen LogP contribution in [0.5, 0.6) is 0 Å². The van der Waals surface area contributed by atoms with E-state index >= 15 is 0 Å². The van der Waals surface area contributed by atoms with Crippen molar-refractivity contribution in [3.05, 3.63) is 65.2 Å². The average molecular weight is 282 g/mol. The van der Waals surface area contributed by atoms with Crippen LogP contribution in [-0.4, -0.2) is 17.1 Å². The van der Waals surface area contributed by atoms with Crippen LogP contribution < -0.4 is 10.6 Å². The molecule has 1 atom stereocenters. The van der Waals surface area contributed by atoms with Crippen molar-refractivity contribution in [2.24, 2.45) is 5.73 Å². The van der Waals surface area contributed by atoms with Gasteiger partial charge in [-0.15, -0.1) is 0 Å². The van der Waals surface area contributed by atoms with Gasteiger partial charge in [0.15, 0.2) is 0 Å². The molecule has 108 valence electrons. The number of rotatable bonds is 4. The molecule has 1 heterocycles. The minimum atomic E-state index is -0.293. The molecule has 1 amide bonds. The molecule has 3 rings (SSSR count). The molecule has 0 saturated heterocycles. The molecule has 1 aliphatic heterocycles. The number of nitrogens with two attached hydrogens (primary N) is 1. The van der Waals surface area contributed by atoms with Crippen LogP contribution in [-0.2, 0) is 24.4 Å². The number of para-hydroxylation sites is 1. The van der Waals surface area contributed by atoms with Crippen molar-refractivity contribution < 1.29 is 9.90 Å². The Kier molecular flexibility index (Phi) is 3.62. The third-order valence-electron chi connectivity index (χ3n) is 3.98. The maximum atomic E-state index is 11.7. The van der Waals surface area contributed by atoms with Gasteiger partial charge >= 0.3 is 0 Å². The number of hydrogen-bond donors (Lipinski definition) is 2. The van der Waals surface area contributed by atoms with E-state index in [9.17, 15) is 4.79 Å². The Morgan fingerprint density at radius 1 is 1.14 bits per heavy atom. The second kappa shape index (κ2) is 5.58. The van der Waals surface area contributed by atoms with Crippen LogP contribution in [0.1, 0.15) is 16.7 Å². The lowest BCUT2D eigenvalue weighted by atomic mass is 10.1. The molecule has 0 aromatic heterocycles. The number of nitrogens with zero attached hydrogens (tertiary/aromatic N) is 1. The van der Waals surface area contributed by atoms with Crippen LogP contribution in [0.3, 0.4) is 0 Å². The number of carbonyl (C=O) groups excluding carboxylic acids is 1. The highest BCUT2D eigenvalue weighted by atomic mass is 16.3. The maximum Gasteiger partial charge on any atom is 0.240 e. The Hall–Kier alpha value is -2.33. The molecule has 0 saturated carbocycles. The molecule has 0 bridgehead atoms. The summed E-state index contributed by atoms with van der Waals surface area (Å²) in [6.45, 7) is 0.674. The largest absolute Gasteiger partial charge is 0.392 e. The van der Waals surface area contributed by atoms with Gasteiger partial charge in [-0.3, -0.25) is 4.79 Å². The first-order valence-corrected chi connectivity index (χ1v) is 7.01. The van der Waals surface area contributed by atoms with Crippen LogP contribution in [0.4, 0.5) is 5.69 Å². The van der Waals surface area contributed by atoms with E-state index in [-0.39, 0.29) is 18.6 Å². The molecule has 4 nitrogen and oxygen atoms in total. The zero-order valence-corrected chi connectivity index (χ0v) is 11.7. The molecule has 3 N–H and O–H groups in total. The third-order valence-corrected chi connectivity index (χ3v) is 3.98. The van der Waals surface area contributed by atoms with E-state index in [4.69, 9.17) is 10.8 Å². The number of benzene rings is 2. The summed E-state index contributed by atoms with van der Waals surface area (Å²) in [4.78, 5) is 13.8. The lowest BCUT2D eigenvalue weighted by molar-refractivity contribution is -0.119. The van der Waals surface area contributed by atoms with E-state index < -0.39 is 0 Å². The second-order valence-electron chi connectivity index (χ2n) is 5.35. The minimum Gasteiger partial charge on any atom is -0.392 e. The lowest BCUT2D eigenvalue weighted by Gasteiger charge is -2.25. The van der Waals surface area contributed by atoms with Gasteiger partial charge in [-0.05, 0) is 22.8 Å². The molecule has 0 spiro atoms. The highest BCUT2D eigenvalue weighted by Gasteiger charge is 2.32. The van der Waals surface area contributed by atoms with Crippen LogP contribution in [0, 0.1) is 0 Å². The normalized spacial score (nSPS) is 16.8. The SMILES string of the molecule is NC(=O)[C@@H]1Cc2ccccc2N1Cc1ccc(CO)cc1. The molecular weight excluding hydrogens is 264 g/mol. The summed E-state index contributed by atoms with van der Waals surface area (Å²) in [5.74, 6) is -0.293. The number of primary amides is 1. The zero-order valence-electron chi connectivity index (χ0n) is 11.7. The quantitative estimate of drug-likeness (QED) is 0.895. The smallest absolute Gasteiger partial charge is 0.240 e. The van der Waals surface area contributed by atoms with Crippen LogP contribution in [0.15, 0.2) is 48.5 Å². The van der Waals surface area contributed by atoms with Crippen molar-refractivity contribution >= 4 is 11.6 Å². The summed E-state index contributed by atoms with van der Waals surface area (Å²) >= 11 is 0. The van der Waals surface area contributed by atoms with Crippen molar-refractivity contribution in [2.45, 2.75) is 25.6 Å². The second-order valence-corrected chi connectivity index (χ2v) is 5.35. The fraction of sp³-hybridized carbons (Fsp3) is 0.235. The molecule has 0 unspecified atom stereocenters. The molecule has 0 fully saturated rings. The van der Waals surface area contributed by atoms with E-state index in [0.29, 0.717) is 13.0 Å². The number of anilines is 1. The highest BCUT2D eigenvalue weighted by molar-refractivity contribution is 5.86. The first kappa shape index (κ1) is 13.6. The minimum absolute atomic E-state index is 0.0384. The van der Waals surface area contributed by atoms with E-state index in [0.717, 1.165) is 22.4 Å². The summed E-state index contributed by atoms with van der Waals surface area (Å²) in [6, 6.07) is 15.5. The lowest BCUT2D eigenvalue weighted by Crippen LogP contribution is -2.42. The predicted molar refractivity (Wildman–Crippen MR) is 81.7 cm³/mol. The van der Waals surface area contributed by atoms with E-state index in [1.807, 2.05) is 48.5 Å². The maximum absolute atomic E-state index is 11.7. The number of aliphatic hydroxyl groups excluding tert-OH is 1. The number of aliphatic hydroxyl groups is 1. The first-order chi connectivity index (χ1) is 10.2. The van der Waals surface area contributed by atoms with Gasteiger partial charge in [0.2, 0.25) is 5.91 Å². The Bertz CT molecular complexity index is 652. The summed E-state index contributed by atoms with van der Waals surface area (Å²) in [7, 11) is 0. The summed E-state index contributed by atoms with van der Waals surface area (Å²) in [5.41, 5.74) is 9.76. The van der Waals surface area contributed by atoms with Crippen molar-refractivity contribution in [1.82, 2.24) is 0 Å². The van der Waals surface area contributed by atoms with Gasteiger partial charge in [-0.2, -0.15) is 0 Å². The molecule has 4 heteroatoms. The van der Waals surface area contributed by atoms with Gasteiger partial charge < -0.3 is 15.7 Å². The van der Waals surface area contributed by atoms with Gasteiger partial charge in [0.1, 0.15) is 6.04 Å². The average Bonchev–Trinajstić information content (AvgIpc) is 2.87. The number of amides is 1. The first-order valence-electron chi connectivity index (χ1n) is 7.01. The van der Waals surface area contributed by atoms with Crippen LogP contribution in [0.2, 0.25) is 0 Å². The third kappa shape index (κ3) is 2.62. The van der Waals surface area contributed by atoms with Crippen LogP contribution >= 0.6 is 0 Å². The van der Waals surface area contributed by atoms with E-state index in [1.54, 1.807) is 0 Å². The van der Waals surface area contributed by atoms with Crippen molar-refractivity contribution in [1.29, 1.82) is 0 Å². The Morgan fingerprint density at radius 2 is 1.81 bits per heavy atom. The summed E-state index contributed by atoms with van der Waals surface area (Å²) in [6.07, 6.45) is 0.667. The summed E-state index contributed by atoms with van der Waals surface area (Å²) < 4.78 is 0. The number of hydrogen-bond acceptors (Lipinski definition) is 3.